The van der Waals surface area contributed by atoms with E-state index in [0.29, 0.717) is 17.5 Å². The molecule has 1 aromatic rings. The lowest BCUT2D eigenvalue weighted by Crippen LogP contribution is -2.50. The van der Waals surface area contributed by atoms with E-state index in [-0.39, 0.29) is 6.04 Å². The molecule has 2 saturated heterocycles. The van der Waals surface area contributed by atoms with Gasteiger partial charge in [-0.2, -0.15) is 0 Å². The molecule has 0 saturated carbocycles. The van der Waals surface area contributed by atoms with Crippen LogP contribution in [0.15, 0.2) is 17.6 Å². The molecule has 8 nitrogen and oxygen atoms in total. The van der Waals surface area contributed by atoms with Crippen LogP contribution in [0, 0.1) is 0 Å². The molecule has 3 heterocycles. The van der Waals surface area contributed by atoms with Gasteiger partial charge in [-0.1, -0.05) is 11.8 Å². The standard InChI is InChI=1S/C19H30BN3O5S/c1-18(2)19(3,4)28-20(27-18)13-9-21-17(22-10-13)29-12-14-7-5-6-8-23(14)16(26)15(25)11-24/h9-10,14-15,24-25H,5-8,11-12H2,1-4H3/t14-,15-/m0/s1. The summed E-state index contributed by atoms with van der Waals surface area (Å²) in [5.74, 6) is 0.231. The lowest BCUT2D eigenvalue weighted by atomic mass is 9.81. The fourth-order valence-electron chi connectivity index (χ4n) is 3.41. The summed E-state index contributed by atoms with van der Waals surface area (Å²) >= 11 is 1.48. The Hall–Kier alpha value is -1.20. The third-order valence-corrected chi connectivity index (χ3v) is 6.97. The topological polar surface area (TPSA) is 105 Å². The fourth-order valence-corrected chi connectivity index (χ4v) is 4.35. The number of thioether (sulfide) groups is 1. The fraction of sp³-hybridized carbons (Fsp3) is 0.737. The molecule has 0 spiro atoms. The van der Waals surface area contributed by atoms with E-state index < -0.39 is 36.9 Å². The number of aromatic nitrogens is 2. The predicted molar refractivity (Wildman–Crippen MR) is 111 cm³/mol. The first-order valence-electron chi connectivity index (χ1n) is 10.0. The summed E-state index contributed by atoms with van der Waals surface area (Å²) in [6.07, 6.45) is 4.89. The average Bonchev–Trinajstić information content (AvgIpc) is 2.93. The van der Waals surface area contributed by atoms with E-state index >= 15 is 0 Å². The number of hydrogen-bond donors (Lipinski definition) is 2. The molecule has 0 unspecified atom stereocenters. The summed E-state index contributed by atoms with van der Waals surface area (Å²) < 4.78 is 12.0. The quantitative estimate of drug-likeness (QED) is 0.390. The van der Waals surface area contributed by atoms with Crippen molar-refractivity contribution < 1.29 is 24.3 Å². The first-order valence-corrected chi connectivity index (χ1v) is 11.0. The van der Waals surface area contributed by atoms with E-state index in [4.69, 9.17) is 14.4 Å². The van der Waals surface area contributed by atoms with Gasteiger partial charge >= 0.3 is 7.12 Å². The zero-order valence-corrected chi connectivity index (χ0v) is 18.3. The van der Waals surface area contributed by atoms with Crippen molar-refractivity contribution in [3.63, 3.8) is 0 Å². The zero-order chi connectivity index (χ0) is 21.2. The molecule has 2 fully saturated rings. The maximum absolute atomic E-state index is 12.3. The number of likely N-dealkylation sites (tertiary alicyclic amines) is 1. The maximum atomic E-state index is 12.3. The molecule has 1 amide bonds. The van der Waals surface area contributed by atoms with E-state index in [2.05, 4.69) is 9.97 Å². The van der Waals surface area contributed by atoms with Gasteiger partial charge in [0.05, 0.1) is 17.8 Å². The van der Waals surface area contributed by atoms with E-state index in [1.54, 1.807) is 17.3 Å². The molecule has 3 rings (SSSR count). The van der Waals surface area contributed by atoms with Crippen molar-refractivity contribution >= 4 is 30.3 Å². The summed E-state index contributed by atoms with van der Waals surface area (Å²) in [5, 5.41) is 19.4. The van der Waals surface area contributed by atoms with Crippen LogP contribution in [-0.4, -0.2) is 80.4 Å². The molecule has 0 aliphatic carbocycles. The Bertz CT molecular complexity index is 702. The second kappa shape index (κ2) is 8.89. The Balaban J connectivity index is 1.59. The van der Waals surface area contributed by atoms with Crippen LogP contribution in [0.3, 0.4) is 0 Å². The molecule has 2 aliphatic heterocycles. The Morgan fingerprint density at radius 1 is 1.28 bits per heavy atom. The molecular formula is C19H30BN3O5S. The third kappa shape index (κ3) is 4.94. The number of hydrogen-bond acceptors (Lipinski definition) is 8. The van der Waals surface area contributed by atoms with Crippen molar-refractivity contribution in [1.29, 1.82) is 0 Å². The highest BCUT2D eigenvalue weighted by Crippen LogP contribution is 2.36. The molecule has 29 heavy (non-hydrogen) atoms. The van der Waals surface area contributed by atoms with Crippen LogP contribution in [0.1, 0.15) is 47.0 Å². The van der Waals surface area contributed by atoms with Gasteiger partial charge in [-0.05, 0) is 47.0 Å². The maximum Gasteiger partial charge on any atom is 0.498 e. The molecule has 160 valence electrons. The van der Waals surface area contributed by atoms with Gasteiger partial charge in [0.15, 0.2) is 11.3 Å². The molecule has 10 heteroatoms. The number of amides is 1. The summed E-state index contributed by atoms with van der Waals surface area (Å²) in [6.45, 7) is 8.06. The van der Waals surface area contributed by atoms with Gasteiger partial charge in [0.1, 0.15) is 0 Å². The van der Waals surface area contributed by atoms with Gasteiger partial charge in [0, 0.05) is 36.2 Å². The van der Waals surface area contributed by atoms with Gasteiger partial charge in [-0.15, -0.1) is 0 Å². The minimum absolute atomic E-state index is 0.00572. The highest BCUT2D eigenvalue weighted by molar-refractivity contribution is 7.99. The average molecular weight is 423 g/mol. The molecule has 2 N–H and O–H groups in total. The Morgan fingerprint density at radius 2 is 1.90 bits per heavy atom. The zero-order valence-electron chi connectivity index (χ0n) is 17.5. The van der Waals surface area contributed by atoms with Crippen molar-refractivity contribution in [2.24, 2.45) is 0 Å². The van der Waals surface area contributed by atoms with Crippen LogP contribution in [0.2, 0.25) is 0 Å². The highest BCUT2D eigenvalue weighted by Gasteiger charge is 2.52. The van der Waals surface area contributed by atoms with E-state index in [9.17, 15) is 9.90 Å². The van der Waals surface area contributed by atoms with Crippen LogP contribution >= 0.6 is 11.8 Å². The van der Waals surface area contributed by atoms with Crippen LogP contribution < -0.4 is 5.46 Å². The smallest absolute Gasteiger partial charge is 0.399 e. The summed E-state index contributed by atoms with van der Waals surface area (Å²) in [5.41, 5.74) is -0.0592. The first-order chi connectivity index (χ1) is 13.6. The number of aliphatic hydroxyl groups is 2. The van der Waals surface area contributed by atoms with Crippen molar-refractivity contribution in [3.8, 4) is 0 Å². The number of aliphatic hydroxyl groups excluding tert-OH is 2. The van der Waals surface area contributed by atoms with Gasteiger partial charge < -0.3 is 24.4 Å². The van der Waals surface area contributed by atoms with E-state index in [1.165, 1.54) is 11.8 Å². The molecule has 1 aromatic heterocycles. The number of rotatable bonds is 6. The van der Waals surface area contributed by atoms with Gasteiger partial charge in [0.2, 0.25) is 0 Å². The van der Waals surface area contributed by atoms with Crippen LogP contribution in [-0.2, 0) is 14.1 Å². The minimum atomic E-state index is -1.35. The Kier molecular flexibility index (Phi) is 6.90. The molecule has 2 aliphatic rings. The second-order valence-corrected chi connectivity index (χ2v) is 9.56. The summed E-state index contributed by atoms with van der Waals surface area (Å²) in [6, 6.07) is -0.00572. The first kappa shape index (κ1) is 22.5. The lowest BCUT2D eigenvalue weighted by Gasteiger charge is -2.36. The Morgan fingerprint density at radius 3 is 2.48 bits per heavy atom. The molecule has 2 atom stereocenters. The monoisotopic (exact) mass is 423 g/mol. The van der Waals surface area contributed by atoms with Gasteiger partial charge in [-0.25, -0.2) is 9.97 Å². The molecule has 0 aromatic carbocycles. The van der Waals surface area contributed by atoms with Crippen LogP contribution in [0.25, 0.3) is 0 Å². The van der Waals surface area contributed by atoms with E-state index in [1.807, 2.05) is 27.7 Å². The largest absolute Gasteiger partial charge is 0.498 e. The highest BCUT2D eigenvalue weighted by atomic mass is 32.2. The number of nitrogens with zero attached hydrogens (tertiary/aromatic N) is 3. The van der Waals surface area contributed by atoms with Crippen molar-refractivity contribution in [2.75, 3.05) is 18.9 Å². The molecule has 0 bridgehead atoms. The van der Waals surface area contributed by atoms with Crippen molar-refractivity contribution in [3.05, 3.63) is 12.4 Å². The van der Waals surface area contributed by atoms with Gasteiger partial charge in [-0.3, -0.25) is 4.79 Å². The third-order valence-electron chi connectivity index (χ3n) is 5.95. The van der Waals surface area contributed by atoms with E-state index in [0.717, 1.165) is 24.7 Å². The van der Waals surface area contributed by atoms with Crippen molar-refractivity contribution in [2.45, 2.75) is 75.5 Å². The lowest BCUT2D eigenvalue weighted by molar-refractivity contribution is -0.145. The number of carbonyl (C=O) groups excluding carboxylic acids is 1. The molecular weight excluding hydrogens is 393 g/mol. The number of carbonyl (C=O) groups is 1. The van der Waals surface area contributed by atoms with Crippen LogP contribution in [0.4, 0.5) is 0 Å². The summed E-state index contributed by atoms with van der Waals surface area (Å²) in [4.78, 5) is 22.8. The summed E-state index contributed by atoms with van der Waals surface area (Å²) in [7, 11) is -0.495. The van der Waals surface area contributed by atoms with Crippen molar-refractivity contribution in [1.82, 2.24) is 14.9 Å². The van der Waals surface area contributed by atoms with Crippen LogP contribution in [0.5, 0.6) is 0 Å². The normalized spacial score (nSPS) is 24.6. The predicted octanol–water partition coefficient (Wildman–Crippen LogP) is 0.602. The minimum Gasteiger partial charge on any atom is -0.399 e. The Labute approximate surface area is 176 Å². The number of piperidine rings is 1. The molecule has 0 radical (unpaired) electrons. The van der Waals surface area contributed by atoms with Gasteiger partial charge in [0.25, 0.3) is 5.91 Å². The SMILES string of the molecule is CC1(C)OB(c2cnc(SC[C@@H]3CCCCN3C(=O)[C@@H](O)CO)nc2)OC1(C)C. The second-order valence-electron chi connectivity index (χ2n) is 8.58.